The van der Waals surface area contributed by atoms with Crippen LogP contribution in [-0.2, 0) is 5.66 Å². The quantitative estimate of drug-likeness (QED) is 0.806. The molecule has 1 N–H and O–H groups in total. The Labute approximate surface area is 144 Å². The van der Waals surface area contributed by atoms with Crippen molar-refractivity contribution in [3.05, 3.63) is 63.4 Å². The average Bonchev–Trinajstić information content (AvgIpc) is 2.75. The molecule has 0 aliphatic carbocycles. The molecule has 0 amide bonds. The van der Waals surface area contributed by atoms with Gasteiger partial charge in [0.15, 0.2) is 5.66 Å². The van der Waals surface area contributed by atoms with Crippen LogP contribution in [0.15, 0.2) is 45.9 Å². The number of nitrogens with zero attached hydrogens (tertiary/aromatic N) is 2. The number of hydrogen-bond acceptors (Lipinski definition) is 3. The van der Waals surface area contributed by atoms with Gasteiger partial charge in [-0.25, -0.2) is 4.99 Å². The molecule has 112 valence electrons. The molecule has 5 heteroatoms. The lowest BCUT2D eigenvalue weighted by Gasteiger charge is -2.29. The molecule has 1 atom stereocenters. The molecule has 3 nitrogen and oxygen atoms in total. The SMILES string of the molecule is CC1=NC(c2cccc(Br)c2)(c2cc(C)nc(C)c2)NC1=S. The highest BCUT2D eigenvalue weighted by molar-refractivity contribution is 9.10. The van der Waals surface area contributed by atoms with E-state index in [1.807, 2.05) is 32.9 Å². The first kappa shape index (κ1) is 15.3. The first-order valence-electron chi connectivity index (χ1n) is 7.01. The number of benzene rings is 1. The van der Waals surface area contributed by atoms with Gasteiger partial charge >= 0.3 is 0 Å². The van der Waals surface area contributed by atoms with Crippen molar-refractivity contribution < 1.29 is 0 Å². The fraction of sp³-hybridized carbons (Fsp3) is 0.235. The van der Waals surface area contributed by atoms with E-state index in [0.717, 1.165) is 32.7 Å². The monoisotopic (exact) mass is 373 g/mol. The third kappa shape index (κ3) is 2.59. The minimum Gasteiger partial charge on any atom is -0.343 e. The Morgan fingerprint density at radius 1 is 1.05 bits per heavy atom. The topological polar surface area (TPSA) is 37.3 Å². The van der Waals surface area contributed by atoms with Gasteiger partial charge in [0.1, 0.15) is 4.99 Å². The van der Waals surface area contributed by atoms with E-state index in [9.17, 15) is 0 Å². The van der Waals surface area contributed by atoms with Crippen molar-refractivity contribution in [2.24, 2.45) is 4.99 Å². The minimum absolute atomic E-state index is 0.677. The molecule has 1 aliphatic heterocycles. The molecule has 0 fully saturated rings. The first-order chi connectivity index (χ1) is 10.4. The number of aliphatic imine (C=N–C) groups is 1. The second-order valence-electron chi connectivity index (χ2n) is 5.51. The van der Waals surface area contributed by atoms with Gasteiger partial charge in [-0.1, -0.05) is 40.3 Å². The second-order valence-corrected chi connectivity index (χ2v) is 6.83. The van der Waals surface area contributed by atoms with Gasteiger partial charge < -0.3 is 5.32 Å². The lowest BCUT2D eigenvalue weighted by atomic mass is 9.91. The predicted octanol–water partition coefficient (Wildman–Crippen LogP) is 4.05. The van der Waals surface area contributed by atoms with Crippen LogP contribution in [-0.4, -0.2) is 15.7 Å². The van der Waals surface area contributed by atoms with Crippen LogP contribution in [0.2, 0.25) is 0 Å². The normalized spacial score (nSPS) is 20.7. The van der Waals surface area contributed by atoms with Gasteiger partial charge in [-0.15, -0.1) is 0 Å². The van der Waals surface area contributed by atoms with E-state index in [1.165, 1.54) is 0 Å². The molecule has 22 heavy (non-hydrogen) atoms. The molecule has 2 aromatic rings. The molecule has 0 saturated heterocycles. The van der Waals surface area contributed by atoms with E-state index < -0.39 is 5.66 Å². The van der Waals surface area contributed by atoms with Crippen LogP contribution in [0.5, 0.6) is 0 Å². The molecule has 0 saturated carbocycles. The Balaban J connectivity index is 2.27. The van der Waals surface area contributed by atoms with E-state index in [4.69, 9.17) is 17.2 Å². The standard InChI is InChI=1S/C17H16BrN3S/c1-10-7-14(8-11(2)19-10)17(20-12(3)16(22)21-17)13-5-4-6-15(18)9-13/h4-9H,1-3H3,(H,21,22). The van der Waals surface area contributed by atoms with E-state index in [0.29, 0.717) is 4.99 Å². The van der Waals surface area contributed by atoms with Gasteiger partial charge in [0, 0.05) is 27.0 Å². The number of halogens is 1. The summed E-state index contributed by atoms with van der Waals surface area (Å²) in [6, 6.07) is 12.3. The van der Waals surface area contributed by atoms with Crippen molar-refractivity contribution in [1.29, 1.82) is 0 Å². The molecule has 1 aromatic heterocycles. The molecule has 2 heterocycles. The van der Waals surface area contributed by atoms with Crippen molar-refractivity contribution in [3.8, 4) is 0 Å². The number of aromatic nitrogens is 1. The largest absolute Gasteiger partial charge is 0.343 e. The maximum absolute atomic E-state index is 5.42. The first-order valence-corrected chi connectivity index (χ1v) is 8.21. The molecule has 0 radical (unpaired) electrons. The highest BCUT2D eigenvalue weighted by Crippen LogP contribution is 2.36. The summed E-state index contributed by atoms with van der Waals surface area (Å²) < 4.78 is 1.01. The van der Waals surface area contributed by atoms with Crippen molar-refractivity contribution in [2.75, 3.05) is 0 Å². The van der Waals surface area contributed by atoms with Crippen LogP contribution in [0, 0.1) is 13.8 Å². The van der Waals surface area contributed by atoms with E-state index >= 15 is 0 Å². The highest BCUT2D eigenvalue weighted by Gasteiger charge is 2.40. The van der Waals surface area contributed by atoms with Crippen LogP contribution in [0.4, 0.5) is 0 Å². The predicted molar refractivity (Wildman–Crippen MR) is 97.5 cm³/mol. The molecule has 0 bridgehead atoms. The van der Waals surface area contributed by atoms with Crippen molar-refractivity contribution >= 4 is 38.8 Å². The molecular formula is C17H16BrN3S. The smallest absolute Gasteiger partial charge is 0.183 e. The van der Waals surface area contributed by atoms with Gasteiger partial charge in [0.05, 0.1) is 5.71 Å². The fourth-order valence-corrected chi connectivity index (χ4v) is 3.37. The van der Waals surface area contributed by atoms with Gasteiger partial charge in [0.25, 0.3) is 0 Å². The number of thiocarbonyl (C=S) groups is 1. The van der Waals surface area contributed by atoms with Gasteiger partial charge in [-0.05, 0) is 45.0 Å². The maximum atomic E-state index is 5.42. The lowest BCUT2D eigenvalue weighted by molar-refractivity contribution is 0.522. The summed E-state index contributed by atoms with van der Waals surface area (Å²) in [5, 5.41) is 3.41. The average molecular weight is 374 g/mol. The van der Waals surface area contributed by atoms with E-state index in [2.05, 4.69) is 50.5 Å². The molecule has 1 aliphatic rings. The Kier molecular flexibility index (Phi) is 3.87. The summed E-state index contributed by atoms with van der Waals surface area (Å²) in [5.74, 6) is 0. The van der Waals surface area contributed by atoms with E-state index in [-0.39, 0.29) is 0 Å². The fourth-order valence-electron chi connectivity index (χ4n) is 2.78. The summed E-state index contributed by atoms with van der Waals surface area (Å²) in [5.41, 5.74) is 4.21. The number of rotatable bonds is 2. The van der Waals surface area contributed by atoms with Gasteiger partial charge in [-0.2, -0.15) is 0 Å². The maximum Gasteiger partial charge on any atom is 0.183 e. The molecular weight excluding hydrogens is 358 g/mol. The van der Waals surface area contributed by atoms with E-state index in [1.54, 1.807) is 0 Å². The number of pyridine rings is 1. The van der Waals surface area contributed by atoms with Crippen LogP contribution in [0.3, 0.4) is 0 Å². The summed E-state index contributed by atoms with van der Waals surface area (Å²) in [4.78, 5) is 10.0. The number of hydrogen-bond donors (Lipinski definition) is 1. The zero-order chi connectivity index (χ0) is 15.9. The third-order valence-corrected chi connectivity index (χ3v) is 4.59. The molecule has 3 rings (SSSR count). The summed E-state index contributed by atoms with van der Waals surface area (Å²) in [7, 11) is 0. The summed E-state index contributed by atoms with van der Waals surface area (Å²) >= 11 is 8.96. The lowest BCUT2D eigenvalue weighted by Crippen LogP contribution is -2.40. The minimum atomic E-state index is -0.677. The zero-order valence-electron chi connectivity index (χ0n) is 12.6. The zero-order valence-corrected chi connectivity index (χ0v) is 15.0. The Hall–Kier alpha value is -1.59. The van der Waals surface area contributed by atoms with Crippen molar-refractivity contribution in [1.82, 2.24) is 10.3 Å². The van der Waals surface area contributed by atoms with Crippen LogP contribution in [0.25, 0.3) is 0 Å². The highest BCUT2D eigenvalue weighted by atomic mass is 79.9. The van der Waals surface area contributed by atoms with Crippen LogP contribution in [0.1, 0.15) is 29.4 Å². The summed E-state index contributed by atoms with van der Waals surface area (Å²) in [6.45, 7) is 5.93. The van der Waals surface area contributed by atoms with Gasteiger partial charge in [0.2, 0.25) is 0 Å². The van der Waals surface area contributed by atoms with Crippen molar-refractivity contribution in [3.63, 3.8) is 0 Å². The Morgan fingerprint density at radius 3 is 2.27 bits per heavy atom. The molecule has 0 spiro atoms. The van der Waals surface area contributed by atoms with Gasteiger partial charge in [-0.3, -0.25) is 4.98 Å². The molecule has 1 unspecified atom stereocenters. The Bertz CT molecular complexity index is 780. The van der Waals surface area contributed by atoms with Crippen LogP contribution >= 0.6 is 28.1 Å². The summed E-state index contributed by atoms with van der Waals surface area (Å²) in [6.07, 6.45) is 0. The Morgan fingerprint density at radius 2 is 1.73 bits per heavy atom. The number of aryl methyl sites for hydroxylation is 2. The second kappa shape index (κ2) is 5.56. The molecule has 1 aromatic carbocycles. The third-order valence-electron chi connectivity index (χ3n) is 3.70. The van der Waals surface area contributed by atoms with Crippen molar-refractivity contribution in [2.45, 2.75) is 26.4 Å². The number of nitrogens with one attached hydrogen (secondary N) is 1. The van der Waals surface area contributed by atoms with Crippen LogP contribution < -0.4 is 5.32 Å².